The molecule has 4 fully saturated rings. The number of nitrogen functional groups attached to an aromatic ring is 1. The van der Waals surface area contributed by atoms with E-state index in [4.69, 9.17) is 35.0 Å². The molecule has 4 saturated heterocycles. The number of carbonyl (C=O) groups is 4. The zero-order valence-electron chi connectivity index (χ0n) is 53.5. The van der Waals surface area contributed by atoms with E-state index in [1.165, 1.54) is 20.2 Å². The Kier molecular flexibility index (Phi) is 24.6. The van der Waals surface area contributed by atoms with Crippen LogP contribution in [0.15, 0.2) is 47.3 Å². The topological polar surface area (TPSA) is 255 Å². The first kappa shape index (κ1) is 74.2. The number of piperidine rings is 1. The van der Waals surface area contributed by atoms with Crippen LogP contribution in [0, 0.1) is 114 Å². The summed E-state index contributed by atoms with van der Waals surface area (Å²) in [6.07, 6.45) is 2.77. The molecule has 504 valence electrons. The molecule has 0 bridgehead atoms. The molecule has 6 aliphatic rings. The number of piperazine rings is 1. The van der Waals surface area contributed by atoms with Gasteiger partial charge in [0.15, 0.2) is 0 Å². The van der Waals surface area contributed by atoms with Gasteiger partial charge in [-0.1, -0.05) is 20.4 Å². The number of esters is 1. The van der Waals surface area contributed by atoms with Gasteiger partial charge in [-0.25, -0.2) is 44.9 Å². The number of cyclic esters (lactones) is 1. The van der Waals surface area contributed by atoms with E-state index >= 15 is 4.39 Å². The van der Waals surface area contributed by atoms with E-state index in [9.17, 15) is 42.3 Å². The molecule has 4 aromatic heterocycles. The number of aliphatic hydroxyl groups is 1. The Hall–Kier alpha value is -7.15. The summed E-state index contributed by atoms with van der Waals surface area (Å²) in [6, 6.07) is 14.4. The second-order valence-corrected chi connectivity index (χ2v) is 24.4. The Labute approximate surface area is 591 Å². The van der Waals surface area contributed by atoms with Crippen molar-refractivity contribution < 1.29 is 131 Å². The maximum atomic E-state index is 16.3. The zero-order valence-corrected chi connectivity index (χ0v) is 63.0. The van der Waals surface area contributed by atoms with Crippen LogP contribution in [-0.2, 0) is 38.8 Å². The number of halogens is 4. The number of amides is 3. The van der Waals surface area contributed by atoms with Crippen LogP contribution in [0.2, 0.25) is 0 Å². The van der Waals surface area contributed by atoms with Crippen molar-refractivity contribution >= 4 is 57.5 Å². The predicted molar refractivity (Wildman–Crippen MR) is 331 cm³/mol. The molecule has 12 rings (SSSR count). The number of pyridine rings is 3. The van der Waals surface area contributed by atoms with E-state index in [-0.39, 0.29) is 173 Å². The summed E-state index contributed by atoms with van der Waals surface area (Å²) in [7, 11) is 5.01. The van der Waals surface area contributed by atoms with Crippen LogP contribution in [0.4, 0.5) is 38.8 Å². The summed E-state index contributed by atoms with van der Waals surface area (Å²) in [4.78, 5) is 90.1. The average molecular weight is 1900 g/mol. The van der Waals surface area contributed by atoms with Crippen molar-refractivity contribution in [2.45, 2.75) is 110 Å². The Morgan fingerprint density at radius 3 is 2.32 bits per heavy atom. The van der Waals surface area contributed by atoms with Crippen LogP contribution in [0.5, 0.6) is 6.01 Å². The normalized spacial score (nSPS) is 19.6. The third-order valence-corrected chi connectivity index (χ3v) is 17.9. The number of carboxylic acid groups (broad SMARTS) is 1. The van der Waals surface area contributed by atoms with Crippen LogP contribution in [0.1, 0.15) is 91.7 Å². The Morgan fingerprint density at radius 1 is 0.947 bits per heavy atom. The van der Waals surface area contributed by atoms with Crippen molar-refractivity contribution in [3.63, 3.8) is 0 Å². The smallest absolute Gasteiger partial charge is 0.410 e. The predicted octanol–water partition coefficient (Wildman–Crippen LogP) is 7.72. The number of nitrogens with zero attached hydrogens (tertiary/aromatic N) is 11. The van der Waals surface area contributed by atoms with Gasteiger partial charge in [-0.2, -0.15) is 16.1 Å². The fourth-order valence-electron chi connectivity index (χ4n) is 12.6. The number of anilines is 2. The van der Waals surface area contributed by atoms with E-state index < -0.39 is 48.2 Å². The second kappa shape index (κ2) is 31.2. The van der Waals surface area contributed by atoms with Crippen molar-refractivity contribution in [2.75, 3.05) is 104 Å². The molecule has 22 nitrogen and oxygen atoms in total. The largest absolute Gasteiger partial charge is 0.465 e. The van der Waals surface area contributed by atoms with Gasteiger partial charge in [0.2, 0.25) is 0 Å². The van der Waals surface area contributed by atoms with Gasteiger partial charge in [-0.3, -0.25) is 23.7 Å². The molecular weight excluding hydrogens is 1820 g/mol. The van der Waals surface area contributed by atoms with Crippen molar-refractivity contribution in [3.05, 3.63) is 110 Å². The summed E-state index contributed by atoms with van der Waals surface area (Å²) < 4.78 is 77.9. The number of benzene rings is 2. The van der Waals surface area contributed by atoms with Crippen molar-refractivity contribution in [1.82, 2.24) is 49.0 Å². The zero-order chi connectivity index (χ0) is 65.3. The first-order valence-corrected chi connectivity index (χ1v) is 30.6. The SMILES string of the molecule is C=C(COC(=O)N1CCCC1)C(=O)N1CCN(c2nc(OCC3CCCN3C)nc3c(F)c(-c4[c-]c(C)cc(N)n4)[c-]cc23)[C@@H](C)C1.CCC1C(=O)OCc2c1cc1n(c2=O)Cc2c-1nc1cc(F)c(C)cc1c2CN1CCC(F)(F)C(CO)C1.CN(C)C(=O)O.[Cm].[Nd].[Pu]. The van der Waals surface area contributed by atoms with Crippen LogP contribution < -0.4 is 20.9 Å². The van der Waals surface area contributed by atoms with Gasteiger partial charge in [0.05, 0.1) is 53.3 Å². The Balaban J connectivity index is 0.000000241. The summed E-state index contributed by atoms with van der Waals surface area (Å²) in [5.74, 6) is -5.59. The molecule has 0 spiro atoms. The first-order chi connectivity index (χ1) is 43.3. The molecule has 29 heteroatoms. The molecule has 2 aromatic carbocycles. The molecule has 94 heavy (non-hydrogen) atoms. The minimum atomic E-state index is -2.94. The van der Waals surface area contributed by atoms with Gasteiger partial charge < -0.3 is 64.2 Å². The monoisotopic (exact) mass is 1880 g/mol. The Bertz CT molecular complexity index is 3890. The summed E-state index contributed by atoms with van der Waals surface area (Å²) in [6.45, 7) is 14.8. The van der Waals surface area contributed by atoms with Gasteiger partial charge in [0.1, 0.15) is 31.5 Å². The number of likely N-dealkylation sites (N-methyl/N-ethyl adjacent to an activating group) is 1. The third kappa shape index (κ3) is 15.7. The number of hydrogen-bond acceptors (Lipinski definition) is 17. The Morgan fingerprint density at radius 2 is 1.67 bits per heavy atom. The number of ether oxygens (including phenoxy) is 3. The van der Waals surface area contributed by atoms with E-state index in [0.717, 1.165) is 53.8 Å². The number of aromatic nitrogens is 5. The van der Waals surface area contributed by atoms with Crippen LogP contribution in [0.25, 0.3) is 44.5 Å². The average Bonchev–Trinajstić information content (AvgIpc) is 1.51. The first-order valence-electron chi connectivity index (χ1n) is 30.6. The number of likely N-dealkylation sites (tertiary alicyclic amines) is 3. The molecular formula is C65H76CmF4N12NdO10Pu-2. The molecule has 0 aliphatic carbocycles. The van der Waals surface area contributed by atoms with Crippen molar-refractivity contribution in [3.8, 4) is 28.7 Å². The van der Waals surface area contributed by atoms with Crippen LogP contribution >= 0.6 is 0 Å². The van der Waals surface area contributed by atoms with Gasteiger partial charge >= 0.3 is 24.2 Å². The van der Waals surface area contributed by atoms with Gasteiger partial charge in [0.25, 0.3) is 17.4 Å². The standard InChI is InChI=1S/C34H41FN8O4.C28H28F3N3O4.C3H7NO2.Cm.Nd.Pu/c1-21-16-27(37-28(36)17-21)25-9-10-26-30(29(25)35)38-33(46-20-24-8-7-11-40(24)4)39-31(26)43-15-14-42(18-23(43)3)32(44)22(2)19-47-34(45)41-12-5-6-13-41;1-3-16-17-7-24-25-20(11-34(24)26(36)21(17)13-38-27(16)37)19(18-6-14(2)22(29)8-23(18)32-25)10-33-5-4-28(30,31)15(9-33)12-35;1-4(2)3(5)6;;;/h10,17,23-24H,2,5-8,11-15,18-20H2,1,3-4H3,(H2,36,37);6-8,15-16,35H,3-5,9-13H2,1-2H3;1-2H3,(H,5,6);;;/q-2;;;;;/t23-,24?;;;;;/m0...../s1. The molecule has 6 aliphatic heterocycles. The molecule has 0 radical (unpaired) electrons. The maximum Gasteiger partial charge on any atom is 0.410 e. The van der Waals surface area contributed by atoms with E-state index in [0.29, 0.717) is 102 Å². The quantitative estimate of drug-likeness (QED) is 0.0458. The molecule has 4 N–H and O–H groups in total. The van der Waals surface area contributed by atoms with Gasteiger partial charge in [0, 0.05) is 189 Å². The summed E-state index contributed by atoms with van der Waals surface area (Å²) in [5, 5.41) is 18.7. The number of alkyl halides is 2. The number of rotatable bonds is 12. The summed E-state index contributed by atoms with van der Waals surface area (Å²) >= 11 is 0. The fraction of sp³-hybridized carbons (Fsp3) is 0.492. The number of nitrogens with two attached hydrogens (primary N) is 1. The molecule has 0 saturated carbocycles. The minimum absolute atomic E-state index is 0. The number of aryl methyl sites for hydroxylation is 2. The van der Waals surface area contributed by atoms with Gasteiger partial charge in [-0.05, 0) is 93.8 Å². The second-order valence-electron chi connectivity index (χ2n) is 24.4. The third-order valence-electron chi connectivity index (χ3n) is 17.9. The van der Waals surface area contributed by atoms with Crippen molar-refractivity contribution in [2.24, 2.45) is 5.92 Å². The fourth-order valence-corrected chi connectivity index (χ4v) is 12.6. The van der Waals surface area contributed by atoms with Gasteiger partial charge in [-0.15, -0.1) is 17.8 Å². The number of hydrogen-bond donors (Lipinski definition) is 3. The van der Waals surface area contributed by atoms with E-state index in [2.05, 4.69) is 40.6 Å². The molecule has 6 aromatic rings. The molecule has 3 amide bonds. The minimum Gasteiger partial charge on any atom is -0.465 e. The van der Waals surface area contributed by atoms with Crippen molar-refractivity contribution in [1.29, 1.82) is 0 Å². The number of fused-ring (bicyclic) bond motifs is 6. The molecule has 10 heterocycles. The molecule has 3 unspecified atom stereocenters. The number of carbonyl (C=O) groups excluding carboxylic acids is 3. The number of aliphatic hydroxyl groups excluding tert-OH is 1. The van der Waals surface area contributed by atoms with Crippen LogP contribution in [-0.4, -0.2) is 195 Å². The maximum absolute atomic E-state index is 16.3. The van der Waals surface area contributed by atoms with E-state index in [1.54, 1.807) is 39.5 Å². The van der Waals surface area contributed by atoms with E-state index in [1.807, 2.05) is 36.6 Å². The summed E-state index contributed by atoms with van der Waals surface area (Å²) in [5.41, 5.74) is 11.7. The van der Waals surface area contributed by atoms with Crippen LogP contribution in [0.3, 0.4) is 0 Å². The molecule has 4 atom stereocenters.